The Morgan fingerprint density at radius 3 is 2.33 bits per heavy atom. The minimum atomic E-state index is -0.240. The first-order valence-electron chi connectivity index (χ1n) is 5.81. The average molecular weight is 248 g/mol. The van der Waals surface area contributed by atoms with Crippen molar-refractivity contribution in [3.05, 3.63) is 23.9 Å². The minimum Gasteiger partial charge on any atom is -0.308 e. The molecule has 3 N–H and O–H groups in total. The molecule has 1 aromatic heterocycles. The molecule has 1 fully saturated rings. The lowest BCUT2D eigenvalue weighted by atomic mass is 10.00. The van der Waals surface area contributed by atoms with E-state index in [9.17, 15) is 9.59 Å². The third-order valence-electron chi connectivity index (χ3n) is 3.37. The van der Waals surface area contributed by atoms with Gasteiger partial charge in [0.05, 0.1) is 6.54 Å². The highest BCUT2D eigenvalue weighted by molar-refractivity contribution is 6.04. The van der Waals surface area contributed by atoms with Gasteiger partial charge in [-0.15, -0.1) is 0 Å². The summed E-state index contributed by atoms with van der Waals surface area (Å²) in [5.74, 6) is 5.04. The Morgan fingerprint density at radius 1 is 1.28 bits per heavy atom. The molecule has 1 aliphatic heterocycles. The van der Waals surface area contributed by atoms with E-state index in [2.05, 4.69) is 10.4 Å². The Kier molecular flexibility index (Phi) is 3.29. The lowest BCUT2D eigenvalue weighted by molar-refractivity contribution is -0.140. The van der Waals surface area contributed by atoms with Gasteiger partial charge >= 0.3 is 0 Å². The number of nitrogens with zero attached hydrogens (tertiary/aromatic N) is 2. The van der Waals surface area contributed by atoms with Crippen LogP contribution in [0.1, 0.15) is 19.4 Å². The molecule has 2 atom stereocenters. The Labute approximate surface area is 105 Å². The van der Waals surface area contributed by atoms with Crippen LogP contribution in [0.15, 0.2) is 18.3 Å². The van der Waals surface area contributed by atoms with Gasteiger partial charge in [-0.25, -0.2) is 10.8 Å². The van der Waals surface area contributed by atoms with Crippen LogP contribution in [0.4, 0.5) is 5.82 Å². The Hall–Kier alpha value is -1.95. The number of nitrogens with two attached hydrogens (primary N) is 1. The van der Waals surface area contributed by atoms with Crippen molar-refractivity contribution < 1.29 is 9.59 Å². The number of hydrazine groups is 1. The van der Waals surface area contributed by atoms with Crippen molar-refractivity contribution in [1.82, 2.24) is 9.88 Å². The molecule has 0 saturated carbocycles. The number of nitrogens with one attached hydrogen (secondary N) is 1. The summed E-state index contributed by atoms with van der Waals surface area (Å²) in [6, 6.07) is 3.49. The first kappa shape index (κ1) is 12.5. The molecule has 0 radical (unpaired) electrons. The van der Waals surface area contributed by atoms with Crippen LogP contribution in [0.25, 0.3) is 0 Å². The highest BCUT2D eigenvalue weighted by atomic mass is 16.2. The van der Waals surface area contributed by atoms with Crippen molar-refractivity contribution in [3.63, 3.8) is 0 Å². The number of anilines is 1. The van der Waals surface area contributed by atoms with Crippen LogP contribution in [0, 0.1) is 11.8 Å². The summed E-state index contributed by atoms with van der Waals surface area (Å²) >= 11 is 0. The second-order valence-electron chi connectivity index (χ2n) is 4.54. The van der Waals surface area contributed by atoms with Crippen molar-refractivity contribution in [1.29, 1.82) is 0 Å². The molecule has 96 valence electrons. The monoisotopic (exact) mass is 248 g/mol. The van der Waals surface area contributed by atoms with Crippen molar-refractivity contribution in [2.75, 3.05) is 5.43 Å². The van der Waals surface area contributed by atoms with Gasteiger partial charge in [-0.2, -0.15) is 0 Å². The molecular weight excluding hydrogens is 232 g/mol. The molecule has 2 rings (SSSR count). The van der Waals surface area contributed by atoms with Crippen molar-refractivity contribution >= 4 is 17.6 Å². The molecule has 0 spiro atoms. The standard InChI is InChI=1S/C12H16N4O2/c1-7-8(2)12(18)16(11(7)17)6-9-3-4-10(15-13)14-5-9/h3-5,7-8H,6,13H2,1-2H3,(H,14,15). The molecule has 2 heterocycles. The fourth-order valence-corrected chi connectivity index (χ4v) is 1.97. The van der Waals surface area contributed by atoms with Gasteiger partial charge in [0.1, 0.15) is 5.82 Å². The molecule has 0 aliphatic carbocycles. The summed E-state index contributed by atoms with van der Waals surface area (Å²) < 4.78 is 0. The topological polar surface area (TPSA) is 88.3 Å². The normalized spacial score (nSPS) is 23.6. The third kappa shape index (κ3) is 2.06. The smallest absolute Gasteiger partial charge is 0.233 e. The van der Waals surface area contributed by atoms with Gasteiger partial charge in [-0.3, -0.25) is 14.5 Å². The number of imide groups is 1. The largest absolute Gasteiger partial charge is 0.308 e. The number of aromatic nitrogens is 1. The van der Waals surface area contributed by atoms with Gasteiger partial charge in [0.25, 0.3) is 0 Å². The molecular formula is C12H16N4O2. The van der Waals surface area contributed by atoms with Gasteiger partial charge in [0.15, 0.2) is 0 Å². The molecule has 1 aromatic rings. The van der Waals surface area contributed by atoms with E-state index in [-0.39, 0.29) is 30.2 Å². The maximum Gasteiger partial charge on any atom is 0.233 e. The Bertz CT molecular complexity index is 451. The molecule has 18 heavy (non-hydrogen) atoms. The molecule has 2 unspecified atom stereocenters. The fourth-order valence-electron chi connectivity index (χ4n) is 1.97. The summed E-state index contributed by atoms with van der Waals surface area (Å²) in [7, 11) is 0. The summed E-state index contributed by atoms with van der Waals surface area (Å²) in [5, 5.41) is 0. The number of rotatable bonds is 3. The van der Waals surface area contributed by atoms with Crippen LogP contribution < -0.4 is 11.3 Å². The van der Waals surface area contributed by atoms with E-state index in [1.165, 1.54) is 4.90 Å². The van der Waals surface area contributed by atoms with E-state index in [0.717, 1.165) is 5.56 Å². The number of pyridine rings is 1. The number of amides is 2. The number of nitrogen functional groups attached to an aromatic ring is 1. The first-order chi connectivity index (χ1) is 8.54. The van der Waals surface area contributed by atoms with Crippen LogP contribution in [-0.4, -0.2) is 21.7 Å². The van der Waals surface area contributed by atoms with Crippen LogP contribution >= 0.6 is 0 Å². The predicted molar refractivity (Wildman–Crippen MR) is 65.9 cm³/mol. The summed E-state index contributed by atoms with van der Waals surface area (Å²) in [5.41, 5.74) is 3.22. The second-order valence-corrected chi connectivity index (χ2v) is 4.54. The zero-order chi connectivity index (χ0) is 13.3. The van der Waals surface area contributed by atoms with E-state index >= 15 is 0 Å². The minimum absolute atomic E-state index is 0.117. The summed E-state index contributed by atoms with van der Waals surface area (Å²) in [6.07, 6.45) is 1.60. The van der Waals surface area contributed by atoms with Gasteiger partial charge in [0.2, 0.25) is 11.8 Å². The maximum absolute atomic E-state index is 11.9. The van der Waals surface area contributed by atoms with E-state index in [4.69, 9.17) is 5.84 Å². The highest BCUT2D eigenvalue weighted by Crippen LogP contribution is 2.26. The molecule has 0 aromatic carbocycles. The van der Waals surface area contributed by atoms with Crippen molar-refractivity contribution in [2.45, 2.75) is 20.4 Å². The molecule has 0 bridgehead atoms. The SMILES string of the molecule is CC1C(=O)N(Cc2ccc(NN)nc2)C(=O)C1C. The van der Waals surface area contributed by atoms with Gasteiger partial charge < -0.3 is 5.43 Å². The molecule has 1 aliphatic rings. The Balaban J connectivity index is 2.13. The highest BCUT2D eigenvalue weighted by Gasteiger charge is 2.41. The van der Waals surface area contributed by atoms with E-state index in [1.54, 1.807) is 32.2 Å². The van der Waals surface area contributed by atoms with Crippen LogP contribution in [0.2, 0.25) is 0 Å². The molecule has 6 heteroatoms. The van der Waals surface area contributed by atoms with Crippen LogP contribution in [-0.2, 0) is 16.1 Å². The Morgan fingerprint density at radius 2 is 1.89 bits per heavy atom. The zero-order valence-corrected chi connectivity index (χ0v) is 10.4. The van der Waals surface area contributed by atoms with Crippen LogP contribution in [0.5, 0.6) is 0 Å². The predicted octanol–water partition coefficient (Wildman–Crippen LogP) is 0.508. The number of hydrogen-bond donors (Lipinski definition) is 2. The van der Waals surface area contributed by atoms with Gasteiger partial charge in [-0.1, -0.05) is 19.9 Å². The second kappa shape index (κ2) is 4.73. The fraction of sp³-hybridized carbons (Fsp3) is 0.417. The number of likely N-dealkylation sites (tertiary alicyclic amines) is 1. The lowest BCUT2D eigenvalue weighted by Crippen LogP contribution is -2.30. The first-order valence-corrected chi connectivity index (χ1v) is 5.81. The van der Waals surface area contributed by atoms with E-state index in [1.807, 2.05) is 0 Å². The van der Waals surface area contributed by atoms with E-state index < -0.39 is 0 Å². The number of carbonyl (C=O) groups excluding carboxylic acids is 2. The van der Waals surface area contributed by atoms with Crippen LogP contribution in [0.3, 0.4) is 0 Å². The maximum atomic E-state index is 11.9. The lowest BCUT2D eigenvalue weighted by Gasteiger charge is -2.14. The van der Waals surface area contributed by atoms with E-state index in [0.29, 0.717) is 5.82 Å². The summed E-state index contributed by atoms with van der Waals surface area (Å²) in [6.45, 7) is 3.83. The zero-order valence-electron chi connectivity index (χ0n) is 10.4. The van der Waals surface area contributed by atoms with Gasteiger partial charge in [-0.05, 0) is 11.6 Å². The summed E-state index contributed by atoms with van der Waals surface area (Å²) in [4.78, 5) is 29.1. The average Bonchev–Trinajstić information content (AvgIpc) is 2.57. The number of carbonyl (C=O) groups is 2. The molecule has 6 nitrogen and oxygen atoms in total. The number of hydrogen-bond acceptors (Lipinski definition) is 5. The van der Waals surface area contributed by atoms with Crippen molar-refractivity contribution in [2.24, 2.45) is 17.7 Å². The van der Waals surface area contributed by atoms with Gasteiger partial charge in [0, 0.05) is 18.0 Å². The quantitative estimate of drug-likeness (QED) is 0.462. The molecule has 1 saturated heterocycles. The molecule has 2 amide bonds. The third-order valence-corrected chi connectivity index (χ3v) is 3.37. The van der Waals surface area contributed by atoms with Crippen molar-refractivity contribution in [3.8, 4) is 0 Å².